The predicted molar refractivity (Wildman–Crippen MR) is 102 cm³/mol. The number of hydrogen-bond donors (Lipinski definition) is 1. The van der Waals surface area contributed by atoms with E-state index in [-0.39, 0.29) is 11.9 Å². The SMILES string of the molecule is CN1C(=S)N(C2CCCCC2)C(=O)/C1=C/c1ccccc1OCC(=O)O. The molecule has 2 fully saturated rings. The molecule has 1 aliphatic heterocycles. The van der Waals surface area contributed by atoms with Crippen LogP contribution in [0.1, 0.15) is 37.7 Å². The first-order valence-corrected chi connectivity index (χ1v) is 9.16. The van der Waals surface area contributed by atoms with E-state index in [1.807, 2.05) is 6.07 Å². The van der Waals surface area contributed by atoms with E-state index >= 15 is 0 Å². The minimum Gasteiger partial charge on any atom is -0.481 e. The van der Waals surface area contributed by atoms with Crippen molar-refractivity contribution in [1.82, 2.24) is 9.80 Å². The van der Waals surface area contributed by atoms with Gasteiger partial charge in [0, 0.05) is 18.7 Å². The van der Waals surface area contributed by atoms with Crippen molar-refractivity contribution in [2.75, 3.05) is 13.7 Å². The summed E-state index contributed by atoms with van der Waals surface area (Å²) in [6, 6.07) is 7.22. The van der Waals surface area contributed by atoms with Crippen molar-refractivity contribution in [2.45, 2.75) is 38.1 Å². The van der Waals surface area contributed by atoms with Gasteiger partial charge in [0.1, 0.15) is 11.4 Å². The lowest BCUT2D eigenvalue weighted by atomic mass is 9.94. The van der Waals surface area contributed by atoms with E-state index in [1.54, 1.807) is 41.1 Å². The number of carbonyl (C=O) groups excluding carboxylic acids is 1. The van der Waals surface area contributed by atoms with Gasteiger partial charge in [-0.15, -0.1) is 0 Å². The molecule has 1 aromatic carbocycles. The fourth-order valence-corrected chi connectivity index (χ4v) is 3.79. The maximum absolute atomic E-state index is 13.0. The van der Waals surface area contributed by atoms with Gasteiger partial charge in [-0.3, -0.25) is 9.69 Å². The Balaban J connectivity index is 1.88. The average Bonchev–Trinajstić information content (AvgIpc) is 2.85. The van der Waals surface area contributed by atoms with Crippen molar-refractivity contribution in [3.05, 3.63) is 35.5 Å². The lowest BCUT2D eigenvalue weighted by molar-refractivity contribution is -0.139. The molecule has 1 N–H and O–H groups in total. The van der Waals surface area contributed by atoms with Crippen LogP contribution in [0.15, 0.2) is 30.0 Å². The molecule has 0 atom stereocenters. The lowest BCUT2D eigenvalue weighted by Crippen LogP contribution is -2.41. The molecule has 1 aromatic rings. The molecule has 1 amide bonds. The standard InChI is InChI=1S/C19H22N2O4S/c1-20-15(11-13-7-5-6-10-16(13)25-12-17(22)23)18(24)21(19(20)26)14-8-3-2-4-9-14/h5-7,10-11,14H,2-4,8-9,12H2,1H3,(H,22,23)/b15-11-. The van der Waals surface area contributed by atoms with Gasteiger partial charge in [0.15, 0.2) is 11.7 Å². The molecule has 1 aliphatic carbocycles. The third-order valence-corrected chi connectivity index (χ3v) is 5.27. The van der Waals surface area contributed by atoms with Crippen LogP contribution < -0.4 is 4.74 Å². The van der Waals surface area contributed by atoms with E-state index in [9.17, 15) is 9.59 Å². The molecule has 2 aliphatic rings. The van der Waals surface area contributed by atoms with Crippen molar-refractivity contribution in [1.29, 1.82) is 0 Å². The molecule has 0 radical (unpaired) electrons. The van der Waals surface area contributed by atoms with Gasteiger partial charge in [-0.1, -0.05) is 37.5 Å². The molecule has 7 heteroatoms. The van der Waals surface area contributed by atoms with Crippen LogP contribution in [-0.2, 0) is 9.59 Å². The average molecular weight is 374 g/mol. The highest BCUT2D eigenvalue weighted by molar-refractivity contribution is 7.80. The van der Waals surface area contributed by atoms with Crippen LogP contribution in [-0.4, -0.2) is 51.6 Å². The Morgan fingerprint density at radius 1 is 1.31 bits per heavy atom. The number of hydrogen-bond acceptors (Lipinski definition) is 4. The Bertz CT molecular complexity index is 756. The molecule has 0 aromatic heterocycles. The summed E-state index contributed by atoms with van der Waals surface area (Å²) in [7, 11) is 1.79. The monoisotopic (exact) mass is 374 g/mol. The second-order valence-electron chi connectivity index (χ2n) is 6.56. The fraction of sp³-hybridized carbons (Fsp3) is 0.421. The van der Waals surface area contributed by atoms with Crippen molar-refractivity contribution in [2.24, 2.45) is 0 Å². The van der Waals surface area contributed by atoms with Crippen LogP contribution in [0, 0.1) is 0 Å². The number of benzene rings is 1. The van der Waals surface area contributed by atoms with Crippen LogP contribution in [0.25, 0.3) is 6.08 Å². The number of nitrogens with zero attached hydrogens (tertiary/aromatic N) is 2. The molecule has 1 saturated carbocycles. The molecule has 0 bridgehead atoms. The first-order chi connectivity index (χ1) is 12.5. The summed E-state index contributed by atoms with van der Waals surface area (Å²) in [5.41, 5.74) is 1.13. The number of carbonyl (C=O) groups is 2. The molecule has 26 heavy (non-hydrogen) atoms. The van der Waals surface area contributed by atoms with Gasteiger partial charge in [0.25, 0.3) is 5.91 Å². The molecule has 0 spiro atoms. The number of rotatable bonds is 5. The Kier molecular flexibility index (Phi) is 5.56. The quantitative estimate of drug-likeness (QED) is 0.631. The van der Waals surface area contributed by atoms with E-state index in [1.165, 1.54) is 6.42 Å². The molecule has 6 nitrogen and oxygen atoms in total. The van der Waals surface area contributed by atoms with Crippen molar-refractivity contribution in [3.8, 4) is 5.75 Å². The Hall–Kier alpha value is -2.41. The second-order valence-corrected chi connectivity index (χ2v) is 6.92. The zero-order chi connectivity index (χ0) is 18.7. The minimum atomic E-state index is -1.05. The third kappa shape index (κ3) is 3.72. The van der Waals surface area contributed by atoms with Crippen LogP contribution in [0.5, 0.6) is 5.75 Å². The molecule has 0 unspecified atom stereocenters. The number of para-hydroxylation sites is 1. The molecular weight excluding hydrogens is 352 g/mol. The summed E-state index contributed by atoms with van der Waals surface area (Å²) in [6.45, 7) is -0.434. The van der Waals surface area contributed by atoms with Crippen molar-refractivity contribution < 1.29 is 19.4 Å². The fourth-order valence-electron chi connectivity index (χ4n) is 3.46. The highest BCUT2D eigenvalue weighted by atomic mass is 32.1. The third-order valence-electron chi connectivity index (χ3n) is 4.79. The smallest absolute Gasteiger partial charge is 0.341 e. The highest BCUT2D eigenvalue weighted by Gasteiger charge is 2.40. The normalized spacial score (nSPS) is 20.1. The molecule has 138 valence electrons. The van der Waals surface area contributed by atoms with Gasteiger partial charge in [-0.05, 0) is 37.2 Å². The summed E-state index contributed by atoms with van der Waals surface area (Å²) in [6.07, 6.45) is 7.11. The second kappa shape index (κ2) is 7.86. The van der Waals surface area contributed by atoms with Gasteiger partial charge in [-0.2, -0.15) is 0 Å². The first-order valence-electron chi connectivity index (χ1n) is 8.75. The topological polar surface area (TPSA) is 70.1 Å². The maximum Gasteiger partial charge on any atom is 0.341 e. The summed E-state index contributed by atoms with van der Waals surface area (Å²) < 4.78 is 5.33. The van der Waals surface area contributed by atoms with E-state index < -0.39 is 12.6 Å². The highest BCUT2D eigenvalue weighted by Crippen LogP contribution is 2.31. The Morgan fingerprint density at radius 3 is 2.69 bits per heavy atom. The molecule has 1 heterocycles. The van der Waals surface area contributed by atoms with Crippen LogP contribution in [0.3, 0.4) is 0 Å². The van der Waals surface area contributed by atoms with Crippen molar-refractivity contribution in [3.63, 3.8) is 0 Å². The maximum atomic E-state index is 13.0. The Morgan fingerprint density at radius 2 is 2.00 bits per heavy atom. The Labute approximate surface area is 158 Å². The van der Waals surface area contributed by atoms with Gasteiger partial charge in [0.2, 0.25) is 0 Å². The molecule has 1 saturated heterocycles. The van der Waals surface area contributed by atoms with Gasteiger partial charge in [0.05, 0.1) is 0 Å². The first kappa shape index (κ1) is 18.4. The number of aliphatic carboxylic acids is 1. The predicted octanol–water partition coefficient (Wildman–Crippen LogP) is 2.88. The van der Waals surface area contributed by atoms with Gasteiger partial charge in [-0.25, -0.2) is 4.79 Å². The number of amides is 1. The van der Waals surface area contributed by atoms with E-state index in [0.29, 0.717) is 22.1 Å². The van der Waals surface area contributed by atoms with E-state index in [2.05, 4.69) is 0 Å². The number of ether oxygens (including phenoxy) is 1. The minimum absolute atomic E-state index is 0.0996. The number of likely N-dealkylation sites (N-methyl/N-ethyl adjacent to an activating group) is 1. The van der Waals surface area contributed by atoms with E-state index in [4.69, 9.17) is 22.1 Å². The number of carboxylic acid groups (broad SMARTS) is 1. The molecule has 3 rings (SSSR count). The summed E-state index contributed by atoms with van der Waals surface area (Å²) in [5, 5.41) is 9.35. The van der Waals surface area contributed by atoms with Crippen molar-refractivity contribution >= 4 is 35.3 Å². The summed E-state index contributed by atoms with van der Waals surface area (Å²) >= 11 is 5.51. The van der Waals surface area contributed by atoms with Crippen LogP contribution >= 0.6 is 12.2 Å². The van der Waals surface area contributed by atoms with E-state index in [0.717, 1.165) is 25.7 Å². The zero-order valence-electron chi connectivity index (χ0n) is 14.7. The number of thiocarbonyl (C=S) groups is 1. The van der Waals surface area contributed by atoms with Crippen LogP contribution in [0.4, 0.5) is 0 Å². The summed E-state index contributed by atoms with van der Waals surface area (Å²) in [5.74, 6) is -0.728. The largest absolute Gasteiger partial charge is 0.481 e. The van der Waals surface area contributed by atoms with Gasteiger partial charge < -0.3 is 14.7 Å². The summed E-state index contributed by atoms with van der Waals surface area (Å²) in [4.78, 5) is 27.2. The van der Waals surface area contributed by atoms with Gasteiger partial charge >= 0.3 is 5.97 Å². The zero-order valence-corrected chi connectivity index (χ0v) is 15.5. The molecular formula is C19H22N2O4S. The number of carboxylic acids is 1. The lowest BCUT2D eigenvalue weighted by Gasteiger charge is -2.30. The van der Waals surface area contributed by atoms with Crippen LogP contribution in [0.2, 0.25) is 0 Å².